The first kappa shape index (κ1) is 14.1. The second-order valence-electron chi connectivity index (χ2n) is 4.76. The molecule has 0 spiro atoms. The van der Waals surface area contributed by atoms with Gasteiger partial charge in [0.05, 0.1) is 6.61 Å². The third-order valence-corrected chi connectivity index (χ3v) is 3.23. The highest BCUT2D eigenvalue weighted by atomic mass is 16.5. The summed E-state index contributed by atoms with van der Waals surface area (Å²) in [5.41, 5.74) is 0. The quantitative estimate of drug-likeness (QED) is 0.855. The van der Waals surface area contributed by atoms with Crippen LogP contribution in [-0.4, -0.2) is 36.3 Å². The van der Waals surface area contributed by atoms with Gasteiger partial charge in [0.1, 0.15) is 11.6 Å². The second kappa shape index (κ2) is 7.28. The highest BCUT2D eigenvalue weighted by molar-refractivity contribution is 5.38. The third kappa shape index (κ3) is 4.35. The Labute approximate surface area is 114 Å². The molecule has 5 heteroatoms. The summed E-state index contributed by atoms with van der Waals surface area (Å²) < 4.78 is 11.2. The van der Waals surface area contributed by atoms with Crippen LogP contribution in [0.3, 0.4) is 0 Å². The molecular weight excluding hydrogens is 242 g/mol. The molecule has 0 aliphatic carbocycles. The first-order chi connectivity index (χ1) is 9.31. The minimum absolute atomic E-state index is 0.580. The van der Waals surface area contributed by atoms with Crippen LogP contribution >= 0.6 is 0 Å². The minimum atomic E-state index is 0.580. The van der Waals surface area contributed by atoms with Crippen LogP contribution in [0.4, 0.5) is 5.82 Å². The fraction of sp³-hybridized carbons (Fsp3) is 0.714. The number of aromatic nitrogens is 2. The Morgan fingerprint density at radius 3 is 2.79 bits per heavy atom. The molecule has 1 fully saturated rings. The van der Waals surface area contributed by atoms with E-state index in [0.717, 1.165) is 57.3 Å². The van der Waals surface area contributed by atoms with Crippen molar-refractivity contribution in [1.82, 2.24) is 9.97 Å². The maximum Gasteiger partial charge on any atom is 0.218 e. The van der Waals surface area contributed by atoms with E-state index in [1.165, 1.54) is 0 Å². The van der Waals surface area contributed by atoms with Gasteiger partial charge in [-0.1, -0.05) is 6.92 Å². The number of anilines is 1. The molecule has 5 nitrogen and oxygen atoms in total. The van der Waals surface area contributed by atoms with Gasteiger partial charge in [0.25, 0.3) is 0 Å². The molecule has 2 rings (SSSR count). The summed E-state index contributed by atoms with van der Waals surface area (Å²) in [6.07, 6.45) is 2.96. The molecule has 0 atom stereocenters. The third-order valence-electron chi connectivity index (χ3n) is 3.23. The summed E-state index contributed by atoms with van der Waals surface area (Å²) in [5, 5.41) is 3.21. The van der Waals surface area contributed by atoms with Crippen molar-refractivity contribution in [2.75, 3.05) is 31.7 Å². The van der Waals surface area contributed by atoms with E-state index in [4.69, 9.17) is 9.47 Å². The molecule has 0 amide bonds. The van der Waals surface area contributed by atoms with E-state index in [1.807, 2.05) is 13.0 Å². The van der Waals surface area contributed by atoms with Crippen molar-refractivity contribution in [3.63, 3.8) is 0 Å². The van der Waals surface area contributed by atoms with Crippen LogP contribution in [0.5, 0.6) is 5.88 Å². The van der Waals surface area contributed by atoms with Gasteiger partial charge in [-0.3, -0.25) is 0 Å². The van der Waals surface area contributed by atoms with Gasteiger partial charge >= 0.3 is 0 Å². The lowest BCUT2D eigenvalue weighted by molar-refractivity contribution is 0.0490. The lowest BCUT2D eigenvalue weighted by Crippen LogP contribution is -2.21. The molecule has 106 valence electrons. The van der Waals surface area contributed by atoms with Crippen molar-refractivity contribution < 1.29 is 9.47 Å². The summed E-state index contributed by atoms with van der Waals surface area (Å²) >= 11 is 0. The van der Waals surface area contributed by atoms with Gasteiger partial charge in [-0.2, -0.15) is 4.98 Å². The Morgan fingerprint density at radius 2 is 2.11 bits per heavy atom. The Hall–Kier alpha value is -1.36. The largest absolute Gasteiger partial charge is 0.477 e. The Balaban J connectivity index is 1.95. The second-order valence-corrected chi connectivity index (χ2v) is 4.76. The normalized spacial score (nSPS) is 16.3. The van der Waals surface area contributed by atoms with Crippen molar-refractivity contribution in [2.45, 2.75) is 33.1 Å². The summed E-state index contributed by atoms with van der Waals surface area (Å²) in [4.78, 5) is 8.83. The zero-order valence-electron chi connectivity index (χ0n) is 11.8. The number of nitrogens with zero attached hydrogens (tertiary/aromatic N) is 2. The van der Waals surface area contributed by atoms with E-state index < -0.39 is 0 Å². The van der Waals surface area contributed by atoms with Gasteiger partial charge < -0.3 is 14.8 Å². The predicted octanol–water partition coefficient (Wildman–Crippen LogP) is 2.28. The molecule has 19 heavy (non-hydrogen) atoms. The maximum atomic E-state index is 5.83. The monoisotopic (exact) mass is 265 g/mol. The van der Waals surface area contributed by atoms with Crippen LogP contribution < -0.4 is 10.1 Å². The number of ether oxygens (including phenoxy) is 2. The van der Waals surface area contributed by atoms with Crippen molar-refractivity contribution >= 4 is 5.82 Å². The summed E-state index contributed by atoms with van der Waals surface area (Å²) in [6.45, 7) is 7.36. The summed E-state index contributed by atoms with van der Waals surface area (Å²) in [5.74, 6) is 2.92. The van der Waals surface area contributed by atoms with E-state index in [0.29, 0.717) is 11.8 Å². The molecule has 1 aromatic heterocycles. The van der Waals surface area contributed by atoms with Crippen LogP contribution in [0.15, 0.2) is 6.07 Å². The lowest BCUT2D eigenvalue weighted by Gasteiger charge is -2.21. The van der Waals surface area contributed by atoms with Gasteiger partial charge in [-0.25, -0.2) is 4.98 Å². The average Bonchev–Trinajstić information content (AvgIpc) is 2.46. The van der Waals surface area contributed by atoms with E-state index >= 15 is 0 Å². The molecule has 0 radical (unpaired) electrons. The molecule has 0 aromatic carbocycles. The number of rotatable bonds is 6. The van der Waals surface area contributed by atoms with Crippen LogP contribution in [0.25, 0.3) is 0 Å². The van der Waals surface area contributed by atoms with Gasteiger partial charge in [-0.05, 0) is 25.7 Å². The molecule has 1 aromatic rings. The predicted molar refractivity (Wildman–Crippen MR) is 74.6 cm³/mol. The van der Waals surface area contributed by atoms with E-state index in [-0.39, 0.29) is 0 Å². The highest BCUT2D eigenvalue weighted by Gasteiger charge is 2.15. The molecule has 2 heterocycles. The molecule has 1 aliphatic rings. The number of hydrogen-bond donors (Lipinski definition) is 1. The van der Waals surface area contributed by atoms with Crippen molar-refractivity contribution in [3.8, 4) is 5.88 Å². The first-order valence-corrected chi connectivity index (χ1v) is 7.14. The Bertz CT molecular complexity index is 392. The summed E-state index contributed by atoms with van der Waals surface area (Å²) in [6, 6.07) is 1.88. The molecule has 1 aliphatic heterocycles. The minimum Gasteiger partial charge on any atom is -0.477 e. The zero-order valence-corrected chi connectivity index (χ0v) is 11.8. The maximum absolute atomic E-state index is 5.83. The molecule has 1 N–H and O–H groups in total. The van der Waals surface area contributed by atoms with Crippen molar-refractivity contribution in [3.05, 3.63) is 11.9 Å². The van der Waals surface area contributed by atoms with E-state index in [9.17, 15) is 0 Å². The topological polar surface area (TPSA) is 56.3 Å². The first-order valence-electron chi connectivity index (χ1n) is 7.14. The van der Waals surface area contributed by atoms with E-state index in [2.05, 4.69) is 22.2 Å². The van der Waals surface area contributed by atoms with E-state index in [1.54, 1.807) is 0 Å². The lowest BCUT2D eigenvalue weighted by atomic mass is 10.0. The van der Waals surface area contributed by atoms with Gasteiger partial charge in [-0.15, -0.1) is 0 Å². The SMILES string of the molecule is CCNc1cc(OCC2CCOCC2)nc(CC)n1. The van der Waals surface area contributed by atoms with Gasteiger partial charge in [0, 0.05) is 32.2 Å². The van der Waals surface area contributed by atoms with Gasteiger partial charge in [0.15, 0.2) is 0 Å². The number of hydrogen-bond acceptors (Lipinski definition) is 5. The summed E-state index contributed by atoms with van der Waals surface area (Å²) in [7, 11) is 0. The molecular formula is C14H23N3O2. The average molecular weight is 265 g/mol. The highest BCUT2D eigenvalue weighted by Crippen LogP contribution is 2.18. The van der Waals surface area contributed by atoms with Crippen LogP contribution in [0, 0.1) is 5.92 Å². The molecule has 0 saturated carbocycles. The Kier molecular flexibility index (Phi) is 5.39. The van der Waals surface area contributed by atoms with Crippen LogP contribution in [0.2, 0.25) is 0 Å². The van der Waals surface area contributed by atoms with Crippen molar-refractivity contribution in [1.29, 1.82) is 0 Å². The number of nitrogens with one attached hydrogen (secondary N) is 1. The zero-order chi connectivity index (χ0) is 13.5. The standard InChI is InChI=1S/C14H23N3O2/c1-3-12-16-13(15-4-2)9-14(17-12)19-10-11-5-7-18-8-6-11/h9,11H,3-8,10H2,1-2H3,(H,15,16,17). The fourth-order valence-corrected chi connectivity index (χ4v) is 2.09. The smallest absolute Gasteiger partial charge is 0.218 e. The van der Waals surface area contributed by atoms with Gasteiger partial charge in [0.2, 0.25) is 5.88 Å². The Morgan fingerprint density at radius 1 is 1.32 bits per heavy atom. The number of aryl methyl sites for hydroxylation is 1. The fourth-order valence-electron chi connectivity index (χ4n) is 2.09. The molecule has 1 saturated heterocycles. The molecule has 0 bridgehead atoms. The van der Waals surface area contributed by atoms with Crippen LogP contribution in [-0.2, 0) is 11.2 Å². The molecule has 0 unspecified atom stereocenters. The van der Waals surface area contributed by atoms with Crippen LogP contribution in [0.1, 0.15) is 32.5 Å². The van der Waals surface area contributed by atoms with Crippen molar-refractivity contribution in [2.24, 2.45) is 5.92 Å².